The Balaban J connectivity index is 1.48. The second kappa shape index (κ2) is 12.8. The lowest BCUT2D eigenvalue weighted by Gasteiger charge is -2.40. The summed E-state index contributed by atoms with van der Waals surface area (Å²) >= 11 is 0. The first-order chi connectivity index (χ1) is 19.8. The number of guanidine groups is 1. The van der Waals surface area contributed by atoms with Gasteiger partial charge in [0, 0.05) is 39.8 Å². The minimum absolute atomic E-state index is 0.0720. The molecule has 1 aliphatic heterocycles. The number of nitrogens with zero attached hydrogens (tertiary/aromatic N) is 4. The molecule has 3 aromatic rings. The summed E-state index contributed by atoms with van der Waals surface area (Å²) in [6.07, 6.45) is -10.1. The van der Waals surface area contributed by atoms with Crippen molar-refractivity contribution in [1.29, 1.82) is 0 Å². The molecule has 2 N–H and O–H groups in total. The van der Waals surface area contributed by atoms with Gasteiger partial charge in [-0.05, 0) is 47.9 Å². The van der Waals surface area contributed by atoms with E-state index in [0.29, 0.717) is 44.3 Å². The summed E-state index contributed by atoms with van der Waals surface area (Å²) < 4.78 is 79.8. The van der Waals surface area contributed by atoms with E-state index in [4.69, 9.17) is 5.73 Å². The molecular weight excluding hydrogens is 560 g/mol. The number of amides is 1. The maximum atomic E-state index is 13.7. The minimum atomic E-state index is -4.94. The number of hydrogen-bond acceptors (Lipinski definition) is 3. The number of piperazine rings is 1. The van der Waals surface area contributed by atoms with Crippen LogP contribution in [0.25, 0.3) is 0 Å². The molecule has 0 spiro atoms. The Labute approximate surface area is 240 Å². The molecule has 0 radical (unpaired) electrons. The summed E-state index contributed by atoms with van der Waals surface area (Å²) in [5, 5.41) is 0. The molecule has 12 heteroatoms. The number of benzene rings is 3. The number of hydrogen-bond donors (Lipinski definition) is 1. The van der Waals surface area contributed by atoms with Gasteiger partial charge in [-0.15, -0.1) is 0 Å². The van der Waals surface area contributed by atoms with Crippen LogP contribution in [0.2, 0.25) is 0 Å². The molecule has 6 nitrogen and oxygen atoms in total. The van der Waals surface area contributed by atoms with Gasteiger partial charge in [0.1, 0.15) is 6.04 Å². The van der Waals surface area contributed by atoms with E-state index in [1.807, 2.05) is 58.3 Å². The molecule has 0 bridgehead atoms. The fourth-order valence-corrected chi connectivity index (χ4v) is 4.84. The Kier molecular flexibility index (Phi) is 9.45. The molecule has 224 valence electrons. The average molecular weight is 592 g/mol. The van der Waals surface area contributed by atoms with Crippen molar-refractivity contribution in [2.45, 2.75) is 24.8 Å². The molecular formula is C30H31F6N5O. The van der Waals surface area contributed by atoms with Gasteiger partial charge in [0.05, 0.1) is 16.8 Å². The molecule has 0 aromatic heterocycles. The van der Waals surface area contributed by atoms with Crippen LogP contribution in [0, 0.1) is 0 Å². The van der Waals surface area contributed by atoms with Gasteiger partial charge < -0.3 is 15.5 Å². The van der Waals surface area contributed by atoms with Gasteiger partial charge in [0.25, 0.3) is 0 Å². The number of para-hydroxylation sites is 1. The predicted octanol–water partition coefficient (Wildman–Crippen LogP) is 5.73. The highest BCUT2D eigenvalue weighted by atomic mass is 19.4. The lowest BCUT2D eigenvalue weighted by Crippen LogP contribution is -2.54. The topological polar surface area (TPSA) is 65.2 Å². The molecule has 1 atom stereocenters. The third-order valence-electron chi connectivity index (χ3n) is 7.11. The van der Waals surface area contributed by atoms with Gasteiger partial charge in [-0.2, -0.15) is 26.3 Å². The molecule has 0 aliphatic carbocycles. The number of rotatable bonds is 7. The molecule has 3 aromatic carbocycles. The quantitative estimate of drug-likeness (QED) is 0.217. The Morgan fingerprint density at radius 2 is 1.38 bits per heavy atom. The number of halogens is 6. The fraction of sp³-hybridized carbons (Fsp3) is 0.333. The number of alkyl halides is 6. The van der Waals surface area contributed by atoms with Gasteiger partial charge in [0.2, 0.25) is 5.91 Å². The SMILES string of the molecule is CN(CCc1cc(C(F)(F)F)cc(C(F)(F)F)c1)C(=O)C(c1ccccc1)N1CCN(C(N)=Nc2ccccc2)CC1. The monoisotopic (exact) mass is 591 g/mol. The van der Waals surface area contributed by atoms with E-state index in [-0.39, 0.29) is 30.5 Å². The lowest BCUT2D eigenvalue weighted by molar-refractivity contribution is -0.143. The zero-order chi connectivity index (χ0) is 30.5. The first-order valence-corrected chi connectivity index (χ1v) is 13.3. The van der Waals surface area contributed by atoms with Crippen molar-refractivity contribution in [1.82, 2.24) is 14.7 Å². The average Bonchev–Trinajstić information content (AvgIpc) is 2.96. The molecule has 4 rings (SSSR count). The van der Waals surface area contributed by atoms with Crippen molar-refractivity contribution < 1.29 is 31.1 Å². The zero-order valence-electron chi connectivity index (χ0n) is 22.9. The van der Waals surface area contributed by atoms with Crippen LogP contribution in [0.4, 0.5) is 32.0 Å². The zero-order valence-corrected chi connectivity index (χ0v) is 22.9. The van der Waals surface area contributed by atoms with E-state index in [1.54, 1.807) is 12.1 Å². The van der Waals surface area contributed by atoms with Crippen molar-refractivity contribution in [3.63, 3.8) is 0 Å². The van der Waals surface area contributed by atoms with E-state index in [1.165, 1.54) is 11.9 Å². The highest BCUT2D eigenvalue weighted by molar-refractivity contribution is 5.83. The standard InChI is InChI=1S/C30H31F6N5O/c1-39(13-12-21-18-23(29(31,32)33)20-24(19-21)30(34,35)36)27(42)26(22-8-4-2-5-9-22)40-14-16-41(17-15-40)28(37)38-25-10-6-3-7-11-25/h2-11,18-20,26H,12-17H2,1H3,(H2,37,38). The molecule has 1 heterocycles. The van der Waals surface area contributed by atoms with E-state index in [9.17, 15) is 31.1 Å². The molecule has 42 heavy (non-hydrogen) atoms. The summed E-state index contributed by atoms with van der Waals surface area (Å²) in [6.45, 7) is 1.90. The van der Waals surface area contributed by atoms with Crippen LogP contribution >= 0.6 is 0 Å². The minimum Gasteiger partial charge on any atom is -0.369 e. The van der Waals surface area contributed by atoms with Crippen LogP contribution in [0.15, 0.2) is 83.9 Å². The molecule has 1 fully saturated rings. The lowest BCUT2D eigenvalue weighted by atomic mass is 10.0. The van der Waals surface area contributed by atoms with Crippen molar-refractivity contribution >= 4 is 17.6 Å². The summed E-state index contributed by atoms with van der Waals surface area (Å²) in [5.41, 5.74) is 4.77. The summed E-state index contributed by atoms with van der Waals surface area (Å²) in [7, 11) is 1.50. The van der Waals surface area contributed by atoms with Gasteiger partial charge in [-0.25, -0.2) is 4.99 Å². The van der Waals surface area contributed by atoms with Gasteiger partial charge in [-0.3, -0.25) is 9.69 Å². The molecule has 1 unspecified atom stereocenters. The Morgan fingerprint density at radius 3 is 1.90 bits per heavy atom. The van der Waals surface area contributed by atoms with Crippen molar-refractivity contribution in [2.75, 3.05) is 39.8 Å². The molecule has 1 saturated heterocycles. The van der Waals surface area contributed by atoms with Crippen LogP contribution < -0.4 is 5.73 Å². The van der Waals surface area contributed by atoms with Crippen LogP contribution in [0.3, 0.4) is 0 Å². The molecule has 0 saturated carbocycles. The van der Waals surface area contributed by atoms with Crippen LogP contribution in [-0.4, -0.2) is 66.3 Å². The maximum absolute atomic E-state index is 13.7. The van der Waals surface area contributed by atoms with Crippen molar-refractivity contribution in [2.24, 2.45) is 10.7 Å². The van der Waals surface area contributed by atoms with E-state index >= 15 is 0 Å². The normalized spacial score (nSPS) is 15.9. The van der Waals surface area contributed by atoms with E-state index in [2.05, 4.69) is 4.99 Å². The van der Waals surface area contributed by atoms with Crippen LogP contribution in [0.1, 0.15) is 28.3 Å². The summed E-state index contributed by atoms with van der Waals surface area (Å²) in [4.78, 5) is 23.5. The second-order valence-corrected chi connectivity index (χ2v) is 10.1. The molecule has 1 aliphatic rings. The van der Waals surface area contributed by atoms with Crippen LogP contribution in [-0.2, 0) is 23.6 Å². The largest absolute Gasteiger partial charge is 0.416 e. The smallest absolute Gasteiger partial charge is 0.369 e. The third-order valence-corrected chi connectivity index (χ3v) is 7.11. The predicted molar refractivity (Wildman–Crippen MR) is 148 cm³/mol. The first kappa shape index (κ1) is 30.9. The molecule has 1 amide bonds. The fourth-order valence-electron chi connectivity index (χ4n) is 4.84. The van der Waals surface area contributed by atoms with E-state index in [0.717, 1.165) is 11.3 Å². The Bertz CT molecular complexity index is 1340. The van der Waals surface area contributed by atoms with E-state index < -0.39 is 29.5 Å². The Morgan fingerprint density at radius 1 is 0.857 bits per heavy atom. The van der Waals surface area contributed by atoms with Gasteiger partial charge in [0.15, 0.2) is 5.96 Å². The van der Waals surface area contributed by atoms with Crippen LogP contribution in [0.5, 0.6) is 0 Å². The number of aliphatic imine (C=N–C) groups is 1. The number of carbonyl (C=O) groups excluding carboxylic acids is 1. The summed E-state index contributed by atoms with van der Waals surface area (Å²) in [5.74, 6) is 0.0449. The second-order valence-electron chi connectivity index (χ2n) is 10.1. The van der Waals surface area contributed by atoms with Crippen molar-refractivity contribution in [3.8, 4) is 0 Å². The van der Waals surface area contributed by atoms with Crippen molar-refractivity contribution in [3.05, 3.63) is 101 Å². The number of likely N-dealkylation sites (N-methyl/N-ethyl adjacent to an activating group) is 1. The number of carbonyl (C=O) groups is 1. The first-order valence-electron chi connectivity index (χ1n) is 13.3. The third kappa shape index (κ3) is 7.81. The van der Waals surface area contributed by atoms with Gasteiger partial charge >= 0.3 is 12.4 Å². The number of nitrogens with two attached hydrogens (primary N) is 1. The summed E-state index contributed by atoms with van der Waals surface area (Å²) in [6, 6.07) is 19.1. The highest BCUT2D eigenvalue weighted by Gasteiger charge is 2.37. The maximum Gasteiger partial charge on any atom is 0.416 e. The highest BCUT2D eigenvalue weighted by Crippen LogP contribution is 2.36. The van der Waals surface area contributed by atoms with Gasteiger partial charge in [-0.1, -0.05) is 48.5 Å². The Hall–Kier alpha value is -4.06.